The van der Waals surface area contributed by atoms with Gasteiger partial charge in [0.2, 0.25) is 0 Å². The number of ether oxygens (including phenoxy) is 2. The Bertz CT molecular complexity index is 472. The molecule has 0 saturated carbocycles. The van der Waals surface area contributed by atoms with Crippen molar-refractivity contribution in [3.63, 3.8) is 0 Å². The normalized spacial score (nSPS) is 19.6. The SMILES string of the molecule is C[C@@H](CNC(=O)N(C)[C@@H](C)c1cccs1)CC1(C)OCCO1. The van der Waals surface area contributed by atoms with Gasteiger partial charge in [0.25, 0.3) is 0 Å². The summed E-state index contributed by atoms with van der Waals surface area (Å²) in [4.78, 5) is 15.2. The second kappa shape index (κ2) is 7.44. The van der Waals surface area contributed by atoms with Gasteiger partial charge < -0.3 is 19.7 Å². The average molecular weight is 326 g/mol. The van der Waals surface area contributed by atoms with Crippen molar-refractivity contribution in [2.24, 2.45) is 5.92 Å². The molecule has 0 spiro atoms. The van der Waals surface area contributed by atoms with E-state index < -0.39 is 5.79 Å². The number of rotatable bonds is 6. The molecule has 6 heteroatoms. The van der Waals surface area contributed by atoms with E-state index in [0.29, 0.717) is 19.8 Å². The smallest absolute Gasteiger partial charge is 0.317 e. The van der Waals surface area contributed by atoms with Gasteiger partial charge in [-0.1, -0.05) is 13.0 Å². The molecule has 1 saturated heterocycles. The minimum atomic E-state index is -0.500. The van der Waals surface area contributed by atoms with Crippen LogP contribution < -0.4 is 5.32 Å². The quantitative estimate of drug-likeness (QED) is 0.873. The van der Waals surface area contributed by atoms with Crippen molar-refractivity contribution in [2.75, 3.05) is 26.8 Å². The molecule has 1 N–H and O–H groups in total. The Labute approximate surface area is 136 Å². The van der Waals surface area contributed by atoms with Gasteiger partial charge in [-0.25, -0.2) is 4.79 Å². The lowest BCUT2D eigenvalue weighted by atomic mass is 10.0. The van der Waals surface area contributed by atoms with Gasteiger partial charge in [-0.05, 0) is 31.2 Å². The Kier molecular flexibility index (Phi) is 5.83. The molecule has 2 atom stereocenters. The molecular formula is C16H26N2O3S. The minimum absolute atomic E-state index is 0.0499. The molecule has 0 bridgehead atoms. The number of thiophene rings is 1. The van der Waals surface area contributed by atoms with Crippen LogP contribution in [-0.4, -0.2) is 43.5 Å². The summed E-state index contributed by atoms with van der Waals surface area (Å²) in [7, 11) is 1.83. The van der Waals surface area contributed by atoms with Crippen molar-refractivity contribution in [2.45, 2.75) is 39.0 Å². The van der Waals surface area contributed by atoms with Crippen LogP contribution in [0.3, 0.4) is 0 Å². The number of nitrogens with zero attached hydrogens (tertiary/aromatic N) is 1. The maximum atomic E-state index is 12.3. The maximum Gasteiger partial charge on any atom is 0.317 e. The first-order chi connectivity index (χ1) is 10.4. The Balaban J connectivity index is 1.76. The van der Waals surface area contributed by atoms with Gasteiger partial charge in [-0.3, -0.25) is 0 Å². The van der Waals surface area contributed by atoms with E-state index in [2.05, 4.69) is 18.3 Å². The van der Waals surface area contributed by atoms with Crippen LogP contribution >= 0.6 is 11.3 Å². The van der Waals surface area contributed by atoms with Crippen molar-refractivity contribution < 1.29 is 14.3 Å². The number of urea groups is 1. The fourth-order valence-corrected chi connectivity index (χ4v) is 3.49. The van der Waals surface area contributed by atoms with Gasteiger partial charge >= 0.3 is 6.03 Å². The van der Waals surface area contributed by atoms with Gasteiger partial charge in [0.1, 0.15) is 0 Å². The second-order valence-corrected chi connectivity index (χ2v) is 7.11. The van der Waals surface area contributed by atoms with Gasteiger partial charge in [0.05, 0.1) is 19.3 Å². The van der Waals surface area contributed by atoms with Crippen LogP contribution in [0.2, 0.25) is 0 Å². The van der Waals surface area contributed by atoms with E-state index in [4.69, 9.17) is 9.47 Å². The monoisotopic (exact) mass is 326 g/mol. The third kappa shape index (κ3) is 4.44. The third-order valence-electron chi connectivity index (χ3n) is 4.08. The molecule has 1 aromatic rings. The molecule has 1 aromatic heterocycles. The standard InChI is InChI=1S/C16H26N2O3S/c1-12(10-16(3)20-7-8-21-16)11-17-15(19)18(4)13(2)14-6-5-9-22-14/h5-6,9,12-13H,7-8,10-11H2,1-4H3,(H,17,19)/t12-,13+/m1/s1. The molecule has 22 heavy (non-hydrogen) atoms. The first-order valence-electron chi connectivity index (χ1n) is 7.73. The van der Waals surface area contributed by atoms with Gasteiger partial charge in [0.15, 0.2) is 5.79 Å². The predicted octanol–water partition coefficient (Wildman–Crippen LogP) is 3.24. The lowest BCUT2D eigenvalue weighted by Gasteiger charge is -2.28. The number of carbonyl (C=O) groups is 1. The van der Waals surface area contributed by atoms with Crippen molar-refractivity contribution >= 4 is 17.4 Å². The summed E-state index contributed by atoms with van der Waals surface area (Å²) in [6.07, 6.45) is 0.775. The zero-order valence-electron chi connectivity index (χ0n) is 13.8. The summed E-state index contributed by atoms with van der Waals surface area (Å²) in [6, 6.07) is 4.09. The van der Waals surface area contributed by atoms with E-state index in [9.17, 15) is 4.79 Å². The summed E-state index contributed by atoms with van der Waals surface area (Å²) < 4.78 is 11.2. The highest BCUT2D eigenvalue weighted by atomic mass is 32.1. The zero-order valence-corrected chi connectivity index (χ0v) is 14.6. The van der Waals surface area contributed by atoms with E-state index in [1.165, 1.54) is 4.88 Å². The highest BCUT2D eigenvalue weighted by Gasteiger charge is 2.32. The Morgan fingerprint density at radius 1 is 1.45 bits per heavy atom. The molecule has 1 fully saturated rings. The lowest BCUT2D eigenvalue weighted by Crippen LogP contribution is -2.41. The molecule has 2 amide bonds. The molecule has 0 unspecified atom stereocenters. The van der Waals surface area contributed by atoms with Crippen molar-refractivity contribution in [1.82, 2.24) is 10.2 Å². The maximum absolute atomic E-state index is 12.3. The highest BCUT2D eigenvalue weighted by Crippen LogP contribution is 2.26. The van der Waals surface area contributed by atoms with Crippen LogP contribution in [0.25, 0.3) is 0 Å². The van der Waals surface area contributed by atoms with E-state index >= 15 is 0 Å². The molecule has 1 aliphatic heterocycles. The largest absolute Gasteiger partial charge is 0.348 e. The van der Waals surface area contributed by atoms with E-state index in [0.717, 1.165) is 6.42 Å². The molecular weight excluding hydrogens is 300 g/mol. The Hall–Kier alpha value is -1.11. The lowest BCUT2D eigenvalue weighted by molar-refractivity contribution is -0.153. The van der Waals surface area contributed by atoms with E-state index in [-0.39, 0.29) is 18.0 Å². The first-order valence-corrected chi connectivity index (χ1v) is 8.61. The van der Waals surface area contributed by atoms with Crippen LogP contribution in [-0.2, 0) is 9.47 Å². The average Bonchev–Trinajstić information content (AvgIpc) is 3.14. The number of hydrogen-bond donors (Lipinski definition) is 1. The Morgan fingerprint density at radius 2 is 2.14 bits per heavy atom. The molecule has 0 radical (unpaired) electrons. The summed E-state index contributed by atoms with van der Waals surface area (Å²) in [5.41, 5.74) is 0. The van der Waals surface area contributed by atoms with Crippen molar-refractivity contribution in [3.05, 3.63) is 22.4 Å². The number of hydrogen-bond acceptors (Lipinski definition) is 4. The summed E-state index contributed by atoms with van der Waals surface area (Å²) in [6.45, 7) is 8.01. The summed E-state index contributed by atoms with van der Waals surface area (Å²) in [5, 5.41) is 5.03. The van der Waals surface area contributed by atoms with E-state index in [1.54, 1.807) is 16.2 Å². The van der Waals surface area contributed by atoms with Crippen LogP contribution in [0.4, 0.5) is 4.79 Å². The number of nitrogens with one attached hydrogen (secondary N) is 1. The second-order valence-electron chi connectivity index (χ2n) is 6.13. The molecule has 2 rings (SSSR count). The van der Waals surface area contributed by atoms with Crippen LogP contribution in [0.5, 0.6) is 0 Å². The molecule has 0 aliphatic carbocycles. The van der Waals surface area contributed by atoms with Gasteiger partial charge in [0, 0.05) is 24.9 Å². The van der Waals surface area contributed by atoms with Crippen LogP contribution in [0.15, 0.2) is 17.5 Å². The fourth-order valence-electron chi connectivity index (χ4n) is 2.66. The van der Waals surface area contributed by atoms with Gasteiger partial charge in [-0.15, -0.1) is 11.3 Å². The molecule has 1 aliphatic rings. The molecule has 0 aromatic carbocycles. The topological polar surface area (TPSA) is 50.8 Å². The number of amides is 2. The van der Waals surface area contributed by atoms with E-state index in [1.807, 2.05) is 32.3 Å². The fraction of sp³-hybridized carbons (Fsp3) is 0.688. The third-order valence-corrected chi connectivity index (χ3v) is 5.12. The minimum Gasteiger partial charge on any atom is -0.348 e. The predicted molar refractivity (Wildman–Crippen MR) is 88.0 cm³/mol. The van der Waals surface area contributed by atoms with Gasteiger partial charge in [-0.2, -0.15) is 0 Å². The molecule has 5 nitrogen and oxygen atoms in total. The van der Waals surface area contributed by atoms with Crippen LogP contribution in [0.1, 0.15) is 38.1 Å². The van der Waals surface area contributed by atoms with Crippen molar-refractivity contribution in [3.8, 4) is 0 Å². The molecule has 124 valence electrons. The first kappa shape index (κ1) is 17.2. The Morgan fingerprint density at radius 3 is 2.73 bits per heavy atom. The summed E-state index contributed by atoms with van der Waals surface area (Å²) >= 11 is 1.67. The zero-order chi connectivity index (χ0) is 16.2. The number of carbonyl (C=O) groups excluding carboxylic acids is 1. The highest BCUT2D eigenvalue weighted by molar-refractivity contribution is 7.10. The molecule has 2 heterocycles. The van der Waals surface area contributed by atoms with Crippen molar-refractivity contribution in [1.29, 1.82) is 0 Å². The summed E-state index contributed by atoms with van der Waals surface area (Å²) in [5.74, 6) is -0.210. The van der Waals surface area contributed by atoms with Crippen LogP contribution in [0, 0.1) is 5.92 Å².